The molecule has 0 saturated carbocycles. The molecule has 0 saturated heterocycles. The first-order chi connectivity index (χ1) is 11.9. The lowest BCUT2D eigenvalue weighted by Gasteiger charge is -2.33. The molecule has 0 fully saturated rings. The van der Waals surface area contributed by atoms with Crippen LogP contribution in [-0.4, -0.2) is 24.5 Å². The summed E-state index contributed by atoms with van der Waals surface area (Å²) in [7, 11) is 1.58. The fourth-order valence-electron chi connectivity index (χ4n) is 2.62. The van der Waals surface area contributed by atoms with Crippen LogP contribution in [0.5, 0.6) is 11.5 Å². The Balaban J connectivity index is 1.74. The number of ether oxygens (including phenoxy) is 2. The van der Waals surface area contributed by atoms with Crippen molar-refractivity contribution in [2.24, 2.45) is 0 Å². The highest BCUT2D eigenvalue weighted by Gasteiger charge is 2.47. The van der Waals surface area contributed by atoms with Gasteiger partial charge in [-0.2, -0.15) is 0 Å². The molecule has 2 amide bonds. The summed E-state index contributed by atoms with van der Waals surface area (Å²) < 4.78 is 10.9. The molecule has 0 spiro atoms. The van der Waals surface area contributed by atoms with Crippen LogP contribution in [0.25, 0.3) is 0 Å². The number of anilines is 1. The van der Waals surface area contributed by atoms with Gasteiger partial charge >= 0.3 is 0 Å². The lowest BCUT2D eigenvalue weighted by Crippen LogP contribution is -2.58. The second-order valence-electron chi connectivity index (χ2n) is 6.12. The first-order valence-electron chi connectivity index (χ1n) is 7.95. The van der Waals surface area contributed by atoms with Crippen LogP contribution in [0.15, 0.2) is 42.5 Å². The number of benzene rings is 2. The van der Waals surface area contributed by atoms with Crippen LogP contribution in [0.4, 0.5) is 5.69 Å². The molecule has 3 rings (SSSR count). The summed E-state index contributed by atoms with van der Waals surface area (Å²) in [5, 5.41) is 5.50. The lowest BCUT2D eigenvalue weighted by atomic mass is 10.0. The third kappa shape index (κ3) is 3.28. The third-order valence-corrected chi connectivity index (χ3v) is 4.15. The number of nitrogens with one attached hydrogen (secondary N) is 2. The van der Waals surface area contributed by atoms with Crippen LogP contribution in [0.2, 0.25) is 0 Å². The average Bonchev–Trinajstić information content (AvgIpc) is 2.61. The summed E-state index contributed by atoms with van der Waals surface area (Å²) in [5.41, 5.74) is 0.807. The first kappa shape index (κ1) is 16.8. The van der Waals surface area contributed by atoms with Crippen molar-refractivity contribution in [3.63, 3.8) is 0 Å². The van der Waals surface area contributed by atoms with Crippen molar-refractivity contribution in [3.8, 4) is 11.5 Å². The molecular formula is C19H20N2O4. The Hall–Kier alpha value is -3.02. The molecule has 0 aromatic heterocycles. The Morgan fingerprint density at radius 3 is 2.84 bits per heavy atom. The predicted octanol–water partition coefficient (Wildman–Crippen LogP) is 2.41. The fraction of sp³-hybridized carbons (Fsp3) is 0.263. The second-order valence-corrected chi connectivity index (χ2v) is 6.12. The van der Waals surface area contributed by atoms with Crippen LogP contribution in [0.3, 0.4) is 0 Å². The predicted molar refractivity (Wildman–Crippen MR) is 93.7 cm³/mol. The number of hydrogen-bond acceptors (Lipinski definition) is 4. The molecule has 1 heterocycles. The molecule has 0 radical (unpaired) electrons. The Morgan fingerprint density at radius 2 is 2.08 bits per heavy atom. The van der Waals surface area contributed by atoms with Crippen molar-refractivity contribution in [3.05, 3.63) is 53.6 Å². The number of hydrogen-bond donors (Lipinski definition) is 2. The quantitative estimate of drug-likeness (QED) is 0.838. The number of carbonyl (C=O) groups excluding carboxylic acids is 2. The zero-order valence-electron chi connectivity index (χ0n) is 14.4. The molecule has 2 aromatic rings. The van der Waals surface area contributed by atoms with Gasteiger partial charge in [-0.15, -0.1) is 0 Å². The SMILES string of the molecule is COc1cccc(CNC(=O)[C@@]2(C)Oc3ccc(C)cc3NC2=O)c1. The zero-order chi connectivity index (χ0) is 18.0. The van der Waals surface area contributed by atoms with E-state index >= 15 is 0 Å². The lowest BCUT2D eigenvalue weighted by molar-refractivity contribution is -0.146. The van der Waals surface area contributed by atoms with Gasteiger partial charge in [0.05, 0.1) is 12.8 Å². The normalized spacial score (nSPS) is 18.6. The molecule has 1 aliphatic rings. The van der Waals surface area contributed by atoms with E-state index in [4.69, 9.17) is 9.47 Å². The van der Waals surface area contributed by atoms with Crippen LogP contribution in [0.1, 0.15) is 18.1 Å². The molecule has 0 aliphatic carbocycles. The van der Waals surface area contributed by atoms with E-state index in [-0.39, 0.29) is 6.54 Å². The molecule has 0 bridgehead atoms. The van der Waals surface area contributed by atoms with E-state index in [0.717, 1.165) is 11.1 Å². The summed E-state index contributed by atoms with van der Waals surface area (Å²) >= 11 is 0. The molecule has 6 heteroatoms. The number of aryl methyl sites for hydroxylation is 1. The maximum absolute atomic E-state index is 12.6. The minimum Gasteiger partial charge on any atom is -0.497 e. The van der Waals surface area contributed by atoms with Crippen molar-refractivity contribution in [1.82, 2.24) is 5.32 Å². The van der Waals surface area contributed by atoms with E-state index in [1.807, 2.05) is 37.3 Å². The maximum atomic E-state index is 12.6. The highest BCUT2D eigenvalue weighted by molar-refractivity contribution is 6.15. The number of rotatable bonds is 4. The minimum atomic E-state index is -1.62. The van der Waals surface area contributed by atoms with Gasteiger partial charge in [0.1, 0.15) is 11.5 Å². The summed E-state index contributed by atoms with van der Waals surface area (Å²) in [6.45, 7) is 3.65. The molecule has 2 N–H and O–H groups in total. The monoisotopic (exact) mass is 340 g/mol. The van der Waals surface area contributed by atoms with Crippen molar-refractivity contribution in [2.45, 2.75) is 26.0 Å². The fourth-order valence-corrected chi connectivity index (χ4v) is 2.62. The summed E-state index contributed by atoms with van der Waals surface area (Å²) in [6.07, 6.45) is 0. The smallest absolute Gasteiger partial charge is 0.278 e. The van der Waals surface area contributed by atoms with E-state index < -0.39 is 17.4 Å². The van der Waals surface area contributed by atoms with Crippen molar-refractivity contribution in [2.75, 3.05) is 12.4 Å². The average molecular weight is 340 g/mol. The molecular weight excluding hydrogens is 320 g/mol. The molecule has 1 aliphatic heterocycles. The number of amides is 2. The van der Waals surface area contributed by atoms with Gasteiger partial charge < -0.3 is 20.1 Å². The Labute approximate surface area is 146 Å². The molecule has 2 aromatic carbocycles. The Morgan fingerprint density at radius 1 is 1.28 bits per heavy atom. The molecule has 130 valence electrons. The van der Waals surface area contributed by atoms with Gasteiger partial charge in [0, 0.05) is 6.54 Å². The van der Waals surface area contributed by atoms with Gasteiger partial charge in [-0.1, -0.05) is 18.2 Å². The van der Waals surface area contributed by atoms with E-state index in [9.17, 15) is 9.59 Å². The highest BCUT2D eigenvalue weighted by Crippen LogP contribution is 2.34. The largest absolute Gasteiger partial charge is 0.497 e. The van der Waals surface area contributed by atoms with Gasteiger partial charge in [0.2, 0.25) is 0 Å². The third-order valence-electron chi connectivity index (χ3n) is 4.15. The second kappa shape index (κ2) is 6.47. The first-order valence-corrected chi connectivity index (χ1v) is 7.95. The van der Waals surface area contributed by atoms with Crippen LogP contribution in [0, 0.1) is 6.92 Å². The zero-order valence-corrected chi connectivity index (χ0v) is 14.4. The van der Waals surface area contributed by atoms with Crippen LogP contribution < -0.4 is 20.1 Å². The Kier molecular flexibility index (Phi) is 4.35. The van der Waals surface area contributed by atoms with Gasteiger partial charge in [0.15, 0.2) is 0 Å². The number of fused-ring (bicyclic) bond motifs is 1. The topological polar surface area (TPSA) is 76.7 Å². The van der Waals surface area contributed by atoms with Crippen molar-refractivity contribution >= 4 is 17.5 Å². The van der Waals surface area contributed by atoms with E-state index in [1.54, 1.807) is 19.2 Å². The van der Waals surface area contributed by atoms with Gasteiger partial charge in [-0.25, -0.2) is 0 Å². The Bertz CT molecular complexity index is 834. The minimum absolute atomic E-state index is 0.267. The van der Waals surface area contributed by atoms with Crippen molar-refractivity contribution in [1.29, 1.82) is 0 Å². The highest BCUT2D eigenvalue weighted by atomic mass is 16.5. The van der Waals surface area contributed by atoms with Gasteiger partial charge in [-0.05, 0) is 49.2 Å². The van der Waals surface area contributed by atoms with Crippen LogP contribution in [-0.2, 0) is 16.1 Å². The standard InChI is InChI=1S/C19H20N2O4/c1-12-7-8-16-15(9-12)21-18(23)19(2,25-16)17(22)20-11-13-5-4-6-14(10-13)24-3/h4-10H,11H2,1-3H3,(H,20,22)(H,21,23)/t19-/m1/s1. The molecule has 25 heavy (non-hydrogen) atoms. The summed E-state index contributed by atoms with van der Waals surface area (Å²) in [6, 6.07) is 12.8. The van der Waals surface area contributed by atoms with E-state index in [0.29, 0.717) is 17.2 Å². The van der Waals surface area contributed by atoms with E-state index in [2.05, 4.69) is 10.6 Å². The molecule has 6 nitrogen and oxygen atoms in total. The number of carbonyl (C=O) groups is 2. The number of methoxy groups -OCH3 is 1. The van der Waals surface area contributed by atoms with Gasteiger partial charge in [-0.3, -0.25) is 9.59 Å². The maximum Gasteiger partial charge on any atom is 0.278 e. The summed E-state index contributed by atoms with van der Waals surface area (Å²) in [4.78, 5) is 25.0. The van der Waals surface area contributed by atoms with E-state index in [1.165, 1.54) is 6.92 Å². The van der Waals surface area contributed by atoms with Crippen molar-refractivity contribution < 1.29 is 19.1 Å². The summed E-state index contributed by atoms with van der Waals surface area (Å²) in [5.74, 6) is 0.186. The van der Waals surface area contributed by atoms with Gasteiger partial charge in [0.25, 0.3) is 17.4 Å². The molecule has 1 atom stereocenters. The van der Waals surface area contributed by atoms with Crippen LogP contribution >= 0.6 is 0 Å². The molecule has 0 unspecified atom stereocenters.